The van der Waals surface area contributed by atoms with Crippen LogP contribution in [0, 0.1) is 23.7 Å². The van der Waals surface area contributed by atoms with E-state index in [9.17, 15) is 0 Å². The van der Waals surface area contributed by atoms with Crippen LogP contribution in [-0.4, -0.2) is 15.0 Å². The molecular formula is C63H48N4. The van der Waals surface area contributed by atoms with Crippen molar-refractivity contribution in [3.05, 3.63) is 217 Å². The molecule has 4 saturated carbocycles. The first-order valence-electron chi connectivity index (χ1n) is 24.2. The number of hydrogen-bond donors (Lipinski definition) is 0. The highest BCUT2D eigenvalue weighted by Crippen LogP contribution is 2.69. The van der Waals surface area contributed by atoms with Gasteiger partial charge in [0.05, 0.1) is 11.4 Å². The monoisotopic (exact) mass is 860 g/mol. The van der Waals surface area contributed by atoms with Crippen LogP contribution in [0.15, 0.2) is 206 Å². The average molecular weight is 861 g/mol. The molecule has 4 fully saturated rings. The maximum atomic E-state index is 5.29. The van der Waals surface area contributed by atoms with E-state index in [1.807, 2.05) is 18.2 Å². The molecule has 67 heavy (non-hydrogen) atoms. The van der Waals surface area contributed by atoms with Crippen LogP contribution in [0.4, 0.5) is 17.1 Å². The summed E-state index contributed by atoms with van der Waals surface area (Å²) in [4.78, 5) is 18.2. The van der Waals surface area contributed by atoms with Crippen molar-refractivity contribution in [2.75, 3.05) is 4.90 Å². The first-order chi connectivity index (χ1) is 33.2. The summed E-state index contributed by atoms with van der Waals surface area (Å²) in [7, 11) is 0. The highest BCUT2D eigenvalue weighted by molar-refractivity contribution is 6.05. The van der Waals surface area contributed by atoms with Gasteiger partial charge in [-0.2, -0.15) is 0 Å². The van der Waals surface area contributed by atoms with Crippen LogP contribution >= 0.6 is 0 Å². The summed E-state index contributed by atoms with van der Waals surface area (Å²) < 4.78 is 0. The number of aromatic nitrogens is 3. The number of fused-ring (bicyclic) bond motifs is 4. The number of anilines is 3. The van der Waals surface area contributed by atoms with Crippen LogP contribution < -0.4 is 4.90 Å². The normalized spacial score (nSPS) is 21.2. The summed E-state index contributed by atoms with van der Waals surface area (Å²) in [6, 6.07) is 75.3. The minimum Gasteiger partial charge on any atom is -0.310 e. The van der Waals surface area contributed by atoms with E-state index >= 15 is 0 Å². The summed E-state index contributed by atoms with van der Waals surface area (Å²) in [6.07, 6.45) is 6.77. The van der Waals surface area contributed by atoms with E-state index in [1.165, 1.54) is 93.1 Å². The van der Waals surface area contributed by atoms with Gasteiger partial charge in [0.2, 0.25) is 0 Å². The summed E-state index contributed by atoms with van der Waals surface area (Å²) in [5.74, 6) is 4.99. The first-order valence-corrected chi connectivity index (χ1v) is 24.2. The van der Waals surface area contributed by atoms with Crippen LogP contribution in [0.5, 0.6) is 0 Å². The van der Waals surface area contributed by atoms with Gasteiger partial charge in [0.25, 0.3) is 0 Å². The van der Waals surface area contributed by atoms with Crippen LogP contribution in [0.3, 0.4) is 0 Å². The molecule has 2 heterocycles. The van der Waals surface area contributed by atoms with E-state index in [2.05, 4.69) is 193 Å². The largest absolute Gasteiger partial charge is 0.310 e. The SMILES string of the molecule is c1ccc(-c2nc(-c3ccc(-c4cccc5ccccc45)cc3)nc(-c3ccc(-c4ccc5c(c4)C4(c6ccccc6N5c5ccccc5)C5CC6CC(C5)CC4C6)c4ccccc34)n2)cc1. The molecule has 15 rings (SSSR count). The maximum absolute atomic E-state index is 5.29. The fourth-order valence-corrected chi connectivity index (χ4v) is 13.5. The standard InChI is InChI=1S/C63H48N4/c1-3-15-44(16-4-1)60-64-61(45-28-26-43(27-29-45)51-23-13-17-42-14-7-8-20-50(42)51)66-62(65-60)55-32-31-52(53-21-9-10-22-54(53)55)46-30-33-59-57(39-46)63(47-35-40-34-41(37-47)38-48(63)36-40)56-24-11-12-25-58(56)67(59)49-18-5-2-6-19-49/h1-33,39-41,47-48H,34-38H2. The summed E-state index contributed by atoms with van der Waals surface area (Å²) in [6.45, 7) is 0. The molecule has 4 bridgehead atoms. The van der Waals surface area contributed by atoms with Gasteiger partial charge in [-0.15, -0.1) is 0 Å². The Morgan fingerprint density at radius 3 is 1.63 bits per heavy atom. The predicted octanol–water partition coefficient (Wildman–Crippen LogP) is 16.0. The highest BCUT2D eigenvalue weighted by atomic mass is 15.2. The molecule has 0 unspecified atom stereocenters. The molecule has 0 radical (unpaired) electrons. The molecule has 5 aliphatic rings. The summed E-state index contributed by atoms with van der Waals surface area (Å²) in [5, 5.41) is 4.79. The van der Waals surface area contributed by atoms with Crippen molar-refractivity contribution in [2.45, 2.75) is 37.5 Å². The predicted molar refractivity (Wildman–Crippen MR) is 275 cm³/mol. The molecule has 0 amide bonds. The lowest BCUT2D eigenvalue weighted by Crippen LogP contribution is -2.57. The van der Waals surface area contributed by atoms with Gasteiger partial charge in [0.15, 0.2) is 17.5 Å². The van der Waals surface area contributed by atoms with Gasteiger partial charge in [-0.25, -0.2) is 15.0 Å². The molecule has 4 aliphatic carbocycles. The summed E-state index contributed by atoms with van der Waals surface area (Å²) >= 11 is 0. The van der Waals surface area contributed by atoms with Gasteiger partial charge in [-0.3, -0.25) is 0 Å². The van der Waals surface area contributed by atoms with E-state index in [1.54, 1.807) is 0 Å². The fourth-order valence-electron chi connectivity index (χ4n) is 13.5. The number of para-hydroxylation sites is 2. The van der Waals surface area contributed by atoms with Gasteiger partial charge in [0, 0.05) is 27.8 Å². The van der Waals surface area contributed by atoms with Crippen LogP contribution in [0.2, 0.25) is 0 Å². The molecule has 0 saturated heterocycles. The van der Waals surface area contributed by atoms with Crippen molar-refractivity contribution in [1.29, 1.82) is 0 Å². The lowest BCUT2D eigenvalue weighted by molar-refractivity contribution is -0.0419. The molecule has 10 aromatic rings. The Balaban J connectivity index is 0.918. The third-order valence-electron chi connectivity index (χ3n) is 16.1. The van der Waals surface area contributed by atoms with E-state index in [4.69, 9.17) is 15.0 Å². The smallest absolute Gasteiger partial charge is 0.164 e. The molecule has 9 aromatic carbocycles. The lowest BCUT2D eigenvalue weighted by atomic mass is 9.41. The molecule has 320 valence electrons. The lowest BCUT2D eigenvalue weighted by Gasteiger charge is -2.64. The molecule has 4 nitrogen and oxygen atoms in total. The molecule has 0 N–H and O–H groups in total. The van der Waals surface area contributed by atoms with Gasteiger partial charge in [-0.1, -0.05) is 170 Å². The van der Waals surface area contributed by atoms with Gasteiger partial charge >= 0.3 is 0 Å². The second-order valence-corrected chi connectivity index (χ2v) is 19.6. The van der Waals surface area contributed by atoms with E-state index < -0.39 is 0 Å². The molecule has 1 aliphatic heterocycles. The third kappa shape index (κ3) is 6.02. The molecule has 0 atom stereocenters. The summed E-state index contributed by atoms with van der Waals surface area (Å²) in [5.41, 5.74) is 14.7. The number of benzene rings is 9. The quantitative estimate of drug-likeness (QED) is 0.167. The van der Waals surface area contributed by atoms with Gasteiger partial charge < -0.3 is 4.90 Å². The minimum absolute atomic E-state index is 0.0153. The maximum Gasteiger partial charge on any atom is 0.164 e. The Hall–Kier alpha value is -7.69. The Morgan fingerprint density at radius 1 is 0.358 bits per heavy atom. The van der Waals surface area contributed by atoms with E-state index in [-0.39, 0.29) is 5.41 Å². The molecule has 4 heteroatoms. The number of hydrogen-bond acceptors (Lipinski definition) is 4. The first kappa shape index (κ1) is 38.6. The third-order valence-corrected chi connectivity index (χ3v) is 16.1. The second-order valence-electron chi connectivity index (χ2n) is 19.6. The fraction of sp³-hybridized carbons (Fsp3) is 0.159. The highest BCUT2D eigenvalue weighted by Gasteiger charge is 2.61. The van der Waals surface area contributed by atoms with Crippen molar-refractivity contribution >= 4 is 38.6 Å². The number of nitrogens with zero attached hydrogens (tertiary/aromatic N) is 4. The van der Waals surface area contributed by atoms with Gasteiger partial charge in [0.1, 0.15) is 0 Å². The van der Waals surface area contributed by atoms with Crippen molar-refractivity contribution in [1.82, 2.24) is 15.0 Å². The molecule has 1 aromatic heterocycles. The Morgan fingerprint density at radius 2 is 0.881 bits per heavy atom. The zero-order chi connectivity index (χ0) is 44.1. The van der Waals surface area contributed by atoms with E-state index in [0.717, 1.165) is 39.5 Å². The van der Waals surface area contributed by atoms with Crippen LogP contribution in [-0.2, 0) is 5.41 Å². The van der Waals surface area contributed by atoms with Gasteiger partial charge in [-0.05, 0) is 147 Å². The Labute approximate surface area is 391 Å². The molecule has 1 spiro atoms. The van der Waals surface area contributed by atoms with Crippen molar-refractivity contribution in [3.63, 3.8) is 0 Å². The molecular weight excluding hydrogens is 813 g/mol. The second kappa shape index (κ2) is 15.2. The van der Waals surface area contributed by atoms with Crippen molar-refractivity contribution in [3.8, 4) is 56.4 Å². The topological polar surface area (TPSA) is 41.9 Å². The van der Waals surface area contributed by atoms with Crippen molar-refractivity contribution < 1.29 is 0 Å². The zero-order valence-electron chi connectivity index (χ0n) is 37.3. The Kier molecular flexibility index (Phi) is 8.74. The number of rotatable bonds is 6. The Bertz CT molecular complexity index is 3510. The van der Waals surface area contributed by atoms with Crippen LogP contribution in [0.1, 0.15) is 43.2 Å². The van der Waals surface area contributed by atoms with Crippen molar-refractivity contribution in [2.24, 2.45) is 23.7 Å². The zero-order valence-corrected chi connectivity index (χ0v) is 37.3. The average Bonchev–Trinajstić information content (AvgIpc) is 3.39. The minimum atomic E-state index is -0.0153. The van der Waals surface area contributed by atoms with E-state index in [0.29, 0.717) is 29.3 Å². The van der Waals surface area contributed by atoms with Crippen LogP contribution in [0.25, 0.3) is 78.0 Å².